The van der Waals surface area contributed by atoms with Gasteiger partial charge in [-0.2, -0.15) is 0 Å². The molecule has 0 unspecified atom stereocenters. The van der Waals surface area contributed by atoms with Crippen LogP contribution in [0.15, 0.2) is 15.8 Å². The molecule has 84 valence electrons. The summed E-state index contributed by atoms with van der Waals surface area (Å²) < 4.78 is 0. The summed E-state index contributed by atoms with van der Waals surface area (Å²) in [5, 5.41) is 2.47. The van der Waals surface area contributed by atoms with E-state index in [0.717, 1.165) is 6.20 Å². The normalized spacial score (nSPS) is 10.6. The lowest BCUT2D eigenvalue weighted by Gasteiger charge is -2.18. The molecule has 0 bridgehead atoms. The fourth-order valence-electron chi connectivity index (χ4n) is 0.966. The number of carbonyl (C=O) groups excluding carboxylic acids is 1. The molecule has 1 heterocycles. The SMILES string of the molecule is C#CC(C)(C)NC(=O)c1c[nH]c(=O)[nH]c1=O. The van der Waals surface area contributed by atoms with E-state index in [4.69, 9.17) is 6.42 Å². The van der Waals surface area contributed by atoms with Crippen LogP contribution in [-0.4, -0.2) is 21.4 Å². The van der Waals surface area contributed by atoms with E-state index in [1.54, 1.807) is 13.8 Å². The van der Waals surface area contributed by atoms with Gasteiger partial charge in [-0.25, -0.2) is 4.79 Å². The molecule has 1 amide bonds. The maximum absolute atomic E-state index is 11.6. The third-order valence-corrected chi connectivity index (χ3v) is 1.85. The molecule has 16 heavy (non-hydrogen) atoms. The van der Waals surface area contributed by atoms with Gasteiger partial charge in [0.15, 0.2) is 0 Å². The third-order valence-electron chi connectivity index (χ3n) is 1.85. The van der Waals surface area contributed by atoms with Crippen molar-refractivity contribution in [2.24, 2.45) is 0 Å². The molecule has 0 saturated carbocycles. The molecule has 0 fully saturated rings. The number of amides is 1. The summed E-state index contributed by atoms with van der Waals surface area (Å²) in [5.74, 6) is 1.72. The highest BCUT2D eigenvalue weighted by molar-refractivity contribution is 5.94. The fourth-order valence-corrected chi connectivity index (χ4v) is 0.966. The number of H-pyrrole nitrogens is 2. The largest absolute Gasteiger partial charge is 0.336 e. The van der Waals surface area contributed by atoms with Crippen LogP contribution in [0.25, 0.3) is 0 Å². The molecule has 0 atom stereocenters. The van der Waals surface area contributed by atoms with E-state index in [9.17, 15) is 14.4 Å². The average molecular weight is 221 g/mol. The first-order valence-corrected chi connectivity index (χ1v) is 4.48. The molecule has 6 nitrogen and oxygen atoms in total. The minimum atomic E-state index is -0.861. The van der Waals surface area contributed by atoms with Crippen LogP contribution in [0, 0.1) is 12.3 Å². The number of aromatic nitrogens is 2. The van der Waals surface area contributed by atoms with Crippen molar-refractivity contribution >= 4 is 5.91 Å². The highest BCUT2D eigenvalue weighted by Gasteiger charge is 2.20. The molecule has 1 aromatic heterocycles. The van der Waals surface area contributed by atoms with Gasteiger partial charge in [0, 0.05) is 6.20 Å². The van der Waals surface area contributed by atoms with Crippen molar-refractivity contribution in [3.8, 4) is 12.3 Å². The Labute approximate surface area is 91.1 Å². The second-order valence-corrected chi connectivity index (χ2v) is 3.71. The first kappa shape index (κ1) is 11.8. The van der Waals surface area contributed by atoms with Gasteiger partial charge < -0.3 is 10.3 Å². The molecule has 0 aliphatic heterocycles. The number of terminal acetylenes is 1. The standard InChI is InChI=1S/C10H11N3O3/c1-4-10(2,3)13-8(15)6-5-11-9(16)12-7(6)14/h1,5H,2-3H3,(H,13,15)(H2,11,12,14,16). The Morgan fingerprint density at radius 2 is 2.12 bits per heavy atom. The monoisotopic (exact) mass is 221 g/mol. The van der Waals surface area contributed by atoms with Gasteiger partial charge in [0.05, 0.1) is 5.54 Å². The van der Waals surface area contributed by atoms with Gasteiger partial charge >= 0.3 is 5.69 Å². The van der Waals surface area contributed by atoms with Gasteiger partial charge in [-0.3, -0.25) is 14.6 Å². The van der Waals surface area contributed by atoms with Gasteiger partial charge in [-0.05, 0) is 13.8 Å². The highest BCUT2D eigenvalue weighted by Crippen LogP contribution is 2.00. The van der Waals surface area contributed by atoms with E-state index in [1.807, 2.05) is 4.98 Å². The topological polar surface area (TPSA) is 94.8 Å². The van der Waals surface area contributed by atoms with Crippen LogP contribution < -0.4 is 16.6 Å². The Hall–Kier alpha value is -2.29. The molecule has 0 radical (unpaired) electrons. The Bertz CT molecular complexity index is 560. The van der Waals surface area contributed by atoms with Crippen molar-refractivity contribution in [1.82, 2.24) is 15.3 Å². The lowest BCUT2D eigenvalue weighted by Crippen LogP contribution is -2.44. The first-order valence-electron chi connectivity index (χ1n) is 4.48. The van der Waals surface area contributed by atoms with Crippen LogP contribution >= 0.6 is 0 Å². The summed E-state index contributed by atoms with van der Waals surface area (Å²) in [6.45, 7) is 3.23. The number of carbonyl (C=O) groups is 1. The minimum Gasteiger partial charge on any atom is -0.336 e. The second kappa shape index (κ2) is 4.06. The molecule has 0 aliphatic rings. The minimum absolute atomic E-state index is 0.192. The average Bonchev–Trinajstić information content (AvgIpc) is 2.16. The number of nitrogens with one attached hydrogen (secondary N) is 3. The molecule has 3 N–H and O–H groups in total. The zero-order chi connectivity index (χ0) is 12.3. The van der Waals surface area contributed by atoms with Crippen LogP contribution in [0.1, 0.15) is 24.2 Å². The predicted molar refractivity (Wildman–Crippen MR) is 58.1 cm³/mol. The van der Waals surface area contributed by atoms with Crippen molar-refractivity contribution < 1.29 is 4.79 Å². The van der Waals surface area contributed by atoms with Crippen molar-refractivity contribution in [3.05, 3.63) is 32.6 Å². The van der Waals surface area contributed by atoms with Gasteiger partial charge in [0.1, 0.15) is 5.56 Å². The second-order valence-electron chi connectivity index (χ2n) is 3.71. The number of aromatic amines is 2. The molecule has 0 spiro atoms. The van der Waals surface area contributed by atoms with Gasteiger partial charge in [0.25, 0.3) is 11.5 Å². The molecular formula is C10H11N3O3. The van der Waals surface area contributed by atoms with Gasteiger partial charge in [-0.1, -0.05) is 5.92 Å². The summed E-state index contributed by atoms with van der Waals surface area (Å²) in [5.41, 5.74) is -2.48. The Balaban J connectivity index is 3.04. The molecular weight excluding hydrogens is 210 g/mol. The molecule has 0 aliphatic carbocycles. The van der Waals surface area contributed by atoms with E-state index in [-0.39, 0.29) is 5.56 Å². The van der Waals surface area contributed by atoms with Crippen LogP contribution in [0.4, 0.5) is 0 Å². The zero-order valence-electron chi connectivity index (χ0n) is 8.88. The smallest absolute Gasteiger partial charge is 0.325 e. The summed E-state index contributed by atoms with van der Waals surface area (Å²) in [4.78, 5) is 37.7. The molecule has 1 rings (SSSR count). The quantitative estimate of drug-likeness (QED) is 0.571. The maximum atomic E-state index is 11.6. The Morgan fingerprint density at radius 1 is 1.50 bits per heavy atom. The van der Waals surface area contributed by atoms with Crippen molar-refractivity contribution in [2.45, 2.75) is 19.4 Å². The van der Waals surface area contributed by atoms with Crippen molar-refractivity contribution in [1.29, 1.82) is 0 Å². The molecule has 6 heteroatoms. The lowest BCUT2D eigenvalue weighted by atomic mass is 10.1. The highest BCUT2D eigenvalue weighted by atomic mass is 16.2. The fraction of sp³-hybridized carbons (Fsp3) is 0.300. The van der Waals surface area contributed by atoms with Crippen molar-refractivity contribution in [2.75, 3.05) is 0 Å². The van der Waals surface area contributed by atoms with Gasteiger partial charge in [-0.15, -0.1) is 6.42 Å². The van der Waals surface area contributed by atoms with Crippen LogP contribution in [0.2, 0.25) is 0 Å². The predicted octanol–water partition coefficient (Wildman–Crippen LogP) is -0.795. The van der Waals surface area contributed by atoms with Crippen LogP contribution in [0.5, 0.6) is 0 Å². The van der Waals surface area contributed by atoms with E-state index in [2.05, 4.69) is 16.2 Å². The number of hydrogen-bond acceptors (Lipinski definition) is 3. The number of hydrogen-bond donors (Lipinski definition) is 3. The molecule has 0 saturated heterocycles. The van der Waals surface area contributed by atoms with E-state index in [1.165, 1.54) is 0 Å². The van der Waals surface area contributed by atoms with E-state index in [0.29, 0.717) is 0 Å². The number of rotatable bonds is 2. The van der Waals surface area contributed by atoms with Gasteiger partial charge in [0.2, 0.25) is 0 Å². The summed E-state index contributed by atoms with van der Waals surface area (Å²) in [7, 11) is 0. The lowest BCUT2D eigenvalue weighted by molar-refractivity contribution is 0.0928. The van der Waals surface area contributed by atoms with Crippen LogP contribution in [0.3, 0.4) is 0 Å². The third kappa shape index (κ3) is 2.60. The zero-order valence-corrected chi connectivity index (χ0v) is 8.88. The summed E-state index contributed by atoms with van der Waals surface area (Å²) >= 11 is 0. The summed E-state index contributed by atoms with van der Waals surface area (Å²) in [6.07, 6.45) is 6.23. The first-order chi connectivity index (χ1) is 7.35. The van der Waals surface area contributed by atoms with Crippen molar-refractivity contribution in [3.63, 3.8) is 0 Å². The summed E-state index contributed by atoms with van der Waals surface area (Å²) in [6, 6.07) is 0. The maximum Gasteiger partial charge on any atom is 0.325 e. The van der Waals surface area contributed by atoms with Crippen LogP contribution in [-0.2, 0) is 0 Å². The molecule has 1 aromatic rings. The molecule has 0 aromatic carbocycles. The Kier molecular flexibility index (Phi) is 2.99. The van der Waals surface area contributed by atoms with E-state index < -0.39 is 22.7 Å². The van der Waals surface area contributed by atoms with E-state index >= 15 is 0 Å². The Morgan fingerprint density at radius 3 is 2.62 bits per heavy atom.